The molecule has 20 heavy (non-hydrogen) atoms. The molecule has 2 aromatic heterocycles. The standard InChI is InChI=1S/C16H19N3S/c1-12-18-15-6-2-3-7-16(15)19(12)11-14-9-8-13(20-14)5-4-10-17/h8-9H,2-3,6-7,10-11,17H2,1H3. The molecule has 0 aliphatic heterocycles. The van der Waals surface area contributed by atoms with Gasteiger partial charge in [-0.15, -0.1) is 11.3 Å². The van der Waals surface area contributed by atoms with Gasteiger partial charge < -0.3 is 10.3 Å². The van der Waals surface area contributed by atoms with Crippen molar-refractivity contribution in [1.82, 2.24) is 9.55 Å². The predicted octanol–water partition coefficient (Wildman–Crippen LogP) is 2.49. The van der Waals surface area contributed by atoms with Crippen molar-refractivity contribution in [3.8, 4) is 11.8 Å². The minimum atomic E-state index is 0.418. The largest absolute Gasteiger partial charge is 0.327 e. The Balaban J connectivity index is 1.84. The van der Waals surface area contributed by atoms with Crippen LogP contribution in [0.1, 0.15) is 39.8 Å². The molecule has 1 aliphatic rings. The van der Waals surface area contributed by atoms with Crippen LogP contribution in [0.15, 0.2) is 12.1 Å². The molecule has 2 aromatic rings. The average Bonchev–Trinajstić information content (AvgIpc) is 3.02. The van der Waals surface area contributed by atoms with Crippen LogP contribution in [0.2, 0.25) is 0 Å². The quantitative estimate of drug-likeness (QED) is 0.862. The second-order valence-corrected chi connectivity index (χ2v) is 6.29. The van der Waals surface area contributed by atoms with E-state index in [-0.39, 0.29) is 0 Å². The molecule has 3 nitrogen and oxygen atoms in total. The van der Waals surface area contributed by atoms with E-state index < -0.39 is 0 Å². The van der Waals surface area contributed by atoms with Crippen LogP contribution in [-0.4, -0.2) is 16.1 Å². The lowest BCUT2D eigenvalue weighted by Gasteiger charge is -2.14. The number of nitrogens with zero attached hydrogens (tertiary/aromatic N) is 2. The molecule has 4 heteroatoms. The van der Waals surface area contributed by atoms with Gasteiger partial charge in [0, 0.05) is 10.6 Å². The van der Waals surface area contributed by atoms with Crippen molar-refractivity contribution in [3.63, 3.8) is 0 Å². The van der Waals surface area contributed by atoms with Gasteiger partial charge in [-0.25, -0.2) is 4.98 Å². The first kappa shape index (κ1) is 13.4. The minimum absolute atomic E-state index is 0.418. The van der Waals surface area contributed by atoms with Crippen molar-refractivity contribution in [1.29, 1.82) is 0 Å². The van der Waals surface area contributed by atoms with Gasteiger partial charge in [0.05, 0.1) is 23.7 Å². The van der Waals surface area contributed by atoms with Gasteiger partial charge in [0.25, 0.3) is 0 Å². The normalized spacial score (nSPS) is 13.7. The van der Waals surface area contributed by atoms with E-state index >= 15 is 0 Å². The van der Waals surface area contributed by atoms with Gasteiger partial charge >= 0.3 is 0 Å². The molecule has 2 N–H and O–H groups in total. The zero-order chi connectivity index (χ0) is 13.9. The third-order valence-corrected chi connectivity index (χ3v) is 4.70. The van der Waals surface area contributed by atoms with E-state index in [0.717, 1.165) is 23.7 Å². The lowest BCUT2D eigenvalue weighted by Crippen LogP contribution is -2.09. The second kappa shape index (κ2) is 5.82. The van der Waals surface area contributed by atoms with Gasteiger partial charge in [-0.3, -0.25) is 0 Å². The van der Waals surface area contributed by atoms with Crippen molar-refractivity contribution in [2.24, 2.45) is 5.73 Å². The number of imidazole rings is 1. The summed E-state index contributed by atoms with van der Waals surface area (Å²) < 4.78 is 2.38. The number of rotatable bonds is 2. The summed E-state index contributed by atoms with van der Waals surface area (Å²) in [5.41, 5.74) is 8.16. The van der Waals surface area contributed by atoms with E-state index in [1.807, 2.05) is 0 Å². The second-order valence-electron chi connectivity index (χ2n) is 5.12. The van der Waals surface area contributed by atoms with Crippen molar-refractivity contribution in [2.45, 2.75) is 39.2 Å². The molecule has 104 valence electrons. The van der Waals surface area contributed by atoms with Crippen LogP contribution in [0.25, 0.3) is 0 Å². The molecule has 0 bridgehead atoms. The first-order valence-electron chi connectivity index (χ1n) is 7.10. The Morgan fingerprint density at radius 2 is 2.20 bits per heavy atom. The Morgan fingerprint density at radius 1 is 1.35 bits per heavy atom. The Labute approximate surface area is 123 Å². The van der Waals surface area contributed by atoms with Crippen LogP contribution < -0.4 is 5.73 Å². The summed E-state index contributed by atoms with van der Waals surface area (Å²) in [6.07, 6.45) is 4.87. The molecule has 1 aliphatic carbocycles. The zero-order valence-corrected chi connectivity index (χ0v) is 12.6. The van der Waals surface area contributed by atoms with Crippen LogP contribution in [0.3, 0.4) is 0 Å². The Kier molecular flexibility index (Phi) is 3.90. The van der Waals surface area contributed by atoms with E-state index in [2.05, 4.69) is 35.5 Å². The number of hydrogen-bond donors (Lipinski definition) is 1. The molecule has 0 saturated heterocycles. The first-order chi connectivity index (χ1) is 9.78. The summed E-state index contributed by atoms with van der Waals surface area (Å²) in [6, 6.07) is 4.25. The molecule has 0 aromatic carbocycles. The van der Waals surface area contributed by atoms with Crippen LogP contribution >= 0.6 is 11.3 Å². The minimum Gasteiger partial charge on any atom is -0.327 e. The highest BCUT2D eigenvalue weighted by molar-refractivity contribution is 7.12. The molecule has 0 saturated carbocycles. The lowest BCUT2D eigenvalue weighted by atomic mass is 10.0. The highest BCUT2D eigenvalue weighted by atomic mass is 32.1. The number of fused-ring (bicyclic) bond motifs is 1. The van der Waals surface area contributed by atoms with E-state index in [4.69, 9.17) is 10.7 Å². The van der Waals surface area contributed by atoms with Gasteiger partial charge in [0.2, 0.25) is 0 Å². The predicted molar refractivity (Wildman–Crippen MR) is 83.0 cm³/mol. The molecule has 0 atom stereocenters. The smallest absolute Gasteiger partial charge is 0.106 e. The van der Waals surface area contributed by atoms with Crippen LogP contribution in [-0.2, 0) is 19.4 Å². The Hall–Kier alpha value is -1.57. The molecule has 3 rings (SSSR count). The number of aryl methyl sites for hydroxylation is 2. The van der Waals surface area contributed by atoms with Gasteiger partial charge in [0.15, 0.2) is 0 Å². The van der Waals surface area contributed by atoms with Gasteiger partial charge in [0.1, 0.15) is 5.82 Å². The van der Waals surface area contributed by atoms with Gasteiger partial charge in [-0.05, 0) is 44.7 Å². The maximum Gasteiger partial charge on any atom is 0.106 e. The maximum atomic E-state index is 5.41. The molecular formula is C16H19N3S. The van der Waals surface area contributed by atoms with E-state index in [1.165, 1.54) is 35.5 Å². The average molecular weight is 285 g/mol. The van der Waals surface area contributed by atoms with Gasteiger partial charge in [-0.2, -0.15) is 0 Å². The summed E-state index contributed by atoms with van der Waals surface area (Å²) in [5, 5.41) is 0. The summed E-state index contributed by atoms with van der Waals surface area (Å²) in [6.45, 7) is 3.45. The van der Waals surface area contributed by atoms with E-state index in [0.29, 0.717) is 6.54 Å². The zero-order valence-electron chi connectivity index (χ0n) is 11.8. The van der Waals surface area contributed by atoms with Crippen molar-refractivity contribution < 1.29 is 0 Å². The number of thiophene rings is 1. The number of aromatic nitrogens is 2. The summed E-state index contributed by atoms with van der Waals surface area (Å²) in [7, 11) is 0. The molecule has 2 heterocycles. The van der Waals surface area contributed by atoms with Crippen LogP contribution in [0, 0.1) is 18.8 Å². The number of nitrogens with two attached hydrogens (primary N) is 1. The fourth-order valence-corrected chi connectivity index (χ4v) is 3.64. The van der Waals surface area contributed by atoms with Crippen LogP contribution in [0.5, 0.6) is 0 Å². The third kappa shape index (κ3) is 2.65. The monoisotopic (exact) mass is 285 g/mol. The molecule has 0 fully saturated rings. The molecule has 0 radical (unpaired) electrons. The fraction of sp³-hybridized carbons (Fsp3) is 0.438. The van der Waals surface area contributed by atoms with Crippen molar-refractivity contribution >= 4 is 11.3 Å². The van der Waals surface area contributed by atoms with Crippen LogP contribution in [0.4, 0.5) is 0 Å². The molecule has 0 spiro atoms. The Morgan fingerprint density at radius 3 is 3.05 bits per heavy atom. The summed E-state index contributed by atoms with van der Waals surface area (Å²) >= 11 is 1.75. The van der Waals surface area contributed by atoms with E-state index in [9.17, 15) is 0 Å². The maximum absolute atomic E-state index is 5.41. The van der Waals surface area contributed by atoms with Crippen molar-refractivity contribution in [3.05, 3.63) is 39.1 Å². The lowest BCUT2D eigenvalue weighted by molar-refractivity contribution is 0.626. The Bertz CT molecular complexity index is 670. The summed E-state index contributed by atoms with van der Waals surface area (Å²) in [4.78, 5) is 7.15. The molecule has 0 unspecified atom stereocenters. The highest BCUT2D eigenvalue weighted by Crippen LogP contribution is 2.24. The topological polar surface area (TPSA) is 43.8 Å². The van der Waals surface area contributed by atoms with Crippen molar-refractivity contribution in [2.75, 3.05) is 6.54 Å². The third-order valence-electron chi connectivity index (χ3n) is 3.71. The molecule has 0 amide bonds. The number of hydrogen-bond acceptors (Lipinski definition) is 3. The fourth-order valence-electron chi connectivity index (χ4n) is 2.77. The molecular weight excluding hydrogens is 266 g/mol. The van der Waals surface area contributed by atoms with E-state index in [1.54, 1.807) is 11.3 Å². The highest BCUT2D eigenvalue weighted by Gasteiger charge is 2.18. The van der Waals surface area contributed by atoms with Gasteiger partial charge in [-0.1, -0.05) is 11.8 Å². The first-order valence-corrected chi connectivity index (χ1v) is 7.92. The SMILES string of the molecule is Cc1nc2c(n1Cc1ccc(C#CCN)s1)CCCC2. The summed E-state index contributed by atoms with van der Waals surface area (Å²) in [5.74, 6) is 7.15.